The van der Waals surface area contributed by atoms with Crippen LogP contribution in [0.3, 0.4) is 0 Å². The third-order valence-electron chi connectivity index (χ3n) is 3.55. The summed E-state index contributed by atoms with van der Waals surface area (Å²) in [6, 6.07) is 9.15. The maximum atomic E-state index is 12.9. The van der Waals surface area contributed by atoms with E-state index in [9.17, 15) is 13.2 Å². The van der Waals surface area contributed by atoms with Crippen molar-refractivity contribution in [1.29, 1.82) is 0 Å². The van der Waals surface area contributed by atoms with Crippen LogP contribution in [0.25, 0.3) is 0 Å². The molecule has 0 atom stereocenters. The molecule has 0 fully saturated rings. The molecule has 144 valence electrons. The van der Waals surface area contributed by atoms with E-state index in [0.717, 1.165) is 0 Å². The number of anilines is 1. The summed E-state index contributed by atoms with van der Waals surface area (Å²) in [5, 5.41) is 2.62. The van der Waals surface area contributed by atoms with E-state index < -0.39 is 15.9 Å². The smallest absolute Gasteiger partial charge is 0.263 e. The molecule has 0 radical (unpaired) electrons. The zero-order valence-corrected chi connectivity index (χ0v) is 17.2. The molecule has 0 saturated heterocycles. The summed E-state index contributed by atoms with van der Waals surface area (Å²) >= 11 is 3.24. The number of hydrogen-bond donors (Lipinski definition) is 2. The van der Waals surface area contributed by atoms with Gasteiger partial charge >= 0.3 is 0 Å². The highest BCUT2D eigenvalue weighted by Gasteiger charge is 2.23. The third-order valence-corrected chi connectivity index (χ3v) is 5.87. The van der Waals surface area contributed by atoms with Crippen LogP contribution in [0, 0.1) is 0 Å². The van der Waals surface area contributed by atoms with Crippen LogP contribution in [0.1, 0.15) is 10.4 Å². The first kappa shape index (κ1) is 20.8. The van der Waals surface area contributed by atoms with Gasteiger partial charge in [0.15, 0.2) is 11.5 Å². The molecule has 0 aliphatic rings. The van der Waals surface area contributed by atoms with Crippen LogP contribution in [0.2, 0.25) is 0 Å². The second kappa shape index (κ2) is 8.92. The predicted molar refractivity (Wildman–Crippen MR) is 107 cm³/mol. The van der Waals surface area contributed by atoms with Gasteiger partial charge in [0.05, 0.1) is 25.5 Å². The minimum Gasteiger partial charge on any atom is -0.493 e. The summed E-state index contributed by atoms with van der Waals surface area (Å²) in [6.07, 6.45) is 1.53. The van der Waals surface area contributed by atoms with Crippen molar-refractivity contribution >= 4 is 37.5 Å². The predicted octanol–water partition coefficient (Wildman–Crippen LogP) is 3.18. The number of benzene rings is 2. The summed E-state index contributed by atoms with van der Waals surface area (Å²) in [4.78, 5) is 12.2. The number of rotatable bonds is 8. The molecule has 2 aromatic rings. The van der Waals surface area contributed by atoms with E-state index in [1.807, 2.05) is 0 Å². The normalized spacial score (nSPS) is 10.8. The average Bonchev–Trinajstić information content (AvgIpc) is 2.65. The number of halogens is 1. The minimum absolute atomic E-state index is 0.0542. The molecule has 0 heterocycles. The second-order valence-corrected chi connectivity index (χ2v) is 7.79. The highest BCUT2D eigenvalue weighted by molar-refractivity contribution is 9.10. The zero-order chi connectivity index (χ0) is 20.0. The van der Waals surface area contributed by atoms with Gasteiger partial charge in [0, 0.05) is 17.1 Å². The van der Waals surface area contributed by atoms with Gasteiger partial charge in [-0.3, -0.25) is 9.52 Å². The van der Waals surface area contributed by atoms with Crippen molar-refractivity contribution < 1.29 is 22.7 Å². The summed E-state index contributed by atoms with van der Waals surface area (Å²) in [5.41, 5.74) is 0.347. The number of ether oxygens (including phenoxy) is 2. The molecule has 0 saturated carbocycles. The lowest BCUT2D eigenvalue weighted by atomic mass is 10.1. The summed E-state index contributed by atoms with van der Waals surface area (Å²) < 4.78 is 38.9. The van der Waals surface area contributed by atoms with E-state index in [0.29, 0.717) is 10.2 Å². The third kappa shape index (κ3) is 4.81. The maximum Gasteiger partial charge on any atom is 0.263 e. The Morgan fingerprint density at radius 1 is 1.19 bits per heavy atom. The Labute approximate surface area is 166 Å². The first-order chi connectivity index (χ1) is 12.8. The molecule has 0 bridgehead atoms. The van der Waals surface area contributed by atoms with E-state index in [2.05, 4.69) is 32.5 Å². The molecule has 2 aromatic carbocycles. The van der Waals surface area contributed by atoms with Crippen molar-refractivity contribution in [3.8, 4) is 11.5 Å². The van der Waals surface area contributed by atoms with Gasteiger partial charge in [-0.05, 0) is 34.1 Å². The number of amides is 1. The molecule has 2 N–H and O–H groups in total. The molecule has 0 aliphatic heterocycles. The molecule has 27 heavy (non-hydrogen) atoms. The number of methoxy groups -OCH3 is 2. The largest absolute Gasteiger partial charge is 0.493 e. The van der Waals surface area contributed by atoms with Gasteiger partial charge in [-0.25, -0.2) is 8.42 Å². The summed E-state index contributed by atoms with van der Waals surface area (Å²) in [7, 11) is -1.15. The standard InChI is InChI=1S/C18H19BrN2O5S/c1-4-9-20-18(22)12-7-5-6-8-14(12)21-27(23,24)17-11-16(26-3)15(25-2)10-13(17)19/h4-8,10-11,21H,1,9H2,2-3H3,(H,20,22). The lowest BCUT2D eigenvalue weighted by Crippen LogP contribution is -2.25. The van der Waals surface area contributed by atoms with Crippen LogP contribution in [0.5, 0.6) is 11.5 Å². The Hall–Kier alpha value is -2.52. The molecule has 1 amide bonds. The van der Waals surface area contributed by atoms with Crippen LogP contribution in [-0.4, -0.2) is 35.1 Å². The topological polar surface area (TPSA) is 93.7 Å². The fraction of sp³-hybridized carbons (Fsp3) is 0.167. The van der Waals surface area contributed by atoms with Gasteiger partial charge in [-0.1, -0.05) is 18.2 Å². The monoisotopic (exact) mass is 454 g/mol. The molecule has 7 nitrogen and oxygen atoms in total. The van der Waals surface area contributed by atoms with Crippen molar-refractivity contribution in [3.63, 3.8) is 0 Å². The minimum atomic E-state index is -4.01. The number of carbonyl (C=O) groups excluding carboxylic acids is 1. The number of hydrogen-bond acceptors (Lipinski definition) is 5. The van der Waals surface area contributed by atoms with Crippen molar-refractivity contribution in [2.45, 2.75) is 4.90 Å². The number of sulfonamides is 1. The van der Waals surface area contributed by atoms with Crippen LogP contribution < -0.4 is 19.5 Å². The van der Waals surface area contributed by atoms with E-state index in [1.165, 1.54) is 44.6 Å². The Kier molecular flexibility index (Phi) is 6.86. The SMILES string of the molecule is C=CCNC(=O)c1ccccc1NS(=O)(=O)c1cc(OC)c(OC)cc1Br. The van der Waals surface area contributed by atoms with E-state index in [1.54, 1.807) is 12.1 Å². The quantitative estimate of drug-likeness (QED) is 0.597. The number of nitrogens with one attached hydrogen (secondary N) is 2. The van der Waals surface area contributed by atoms with Crippen LogP contribution >= 0.6 is 15.9 Å². The fourth-order valence-electron chi connectivity index (χ4n) is 2.27. The molecule has 9 heteroatoms. The second-order valence-electron chi connectivity index (χ2n) is 5.29. The van der Waals surface area contributed by atoms with Gasteiger partial charge in [0.1, 0.15) is 4.90 Å². The van der Waals surface area contributed by atoms with Gasteiger partial charge < -0.3 is 14.8 Å². The van der Waals surface area contributed by atoms with Gasteiger partial charge in [-0.15, -0.1) is 6.58 Å². The molecular weight excluding hydrogens is 436 g/mol. The lowest BCUT2D eigenvalue weighted by Gasteiger charge is -2.15. The Morgan fingerprint density at radius 3 is 2.44 bits per heavy atom. The molecular formula is C18H19BrN2O5S. The number of carbonyl (C=O) groups is 1. The van der Waals surface area contributed by atoms with Crippen molar-refractivity contribution in [1.82, 2.24) is 5.32 Å². The van der Waals surface area contributed by atoms with Crippen LogP contribution in [-0.2, 0) is 10.0 Å². The average molecular weight is 455 g/mol. The summed E-state index contributed by atoms with van der Waals surface area (Å²) in [5.74, 6) is 0.227. The first-order valence-corrected chi connectivity index (χ1v) is 10.0. The van der Waals surface area contributed by atoms with Crippen molar-refractivity contribution in [2.24, 2.45) is 0 Å². The molecule has 0 unspecified atom stereocenters. The summed E-state index contributed by atoms with van der Waals surface area (Å²) in [6.45, 7) is 3.80. The maximum absolute atomic E-state index is 12.9. The Bertz CT molecular complexity index is 960. The van der Waals surface area contributed by atoms with E-state index in [4.69, 9.17) is 9.47 Å². The molecule has 0 aromatic heterocycles. The van der Waals surface area contributed by atoms with Crippen molar-refractivity contribution in [2.75, 3.05) is 25.5 Å². The number of para-hydroxylation sites is 1. The van der Waals surface area contributed by atoms with E-state index in [-0.39, 0.29) is 28.4 Å². The molecule has 0 spiro atoms. The lowest BCUT2D eigenvalue weighted by molar-refractivity contribution is 0.0959. The Morgan fingerprint density at radius 2 is 1.81 bits per heavy atom. The Balaban J connectivity index is 2.43. The molecule has 0 aliphatic carbocycles. The van der Waals surface area contributed by atoms with Crippen LogP contribution in [0.4, 0.5) is 5.69 Å². The highest BCUT2D eigenvalue weighted by atomic mass is 79.9. The van der Waals surface area contributed by atoms with Crippen LogP contribution in [0.15, 0.2) is 58.4 Å². The van der Waals surface area contributed by atoms with Crippen molar-refractivity contribution in [3.05, 3.63) is 59.1 Å². The van der Waals surface area contributed by atoms with E-state index >= 15 is 0 Å². The fourth-order valence-corrected chi connectivity index (χ4v) is 4.39. The zero-order valence-electron chi connectivity index (χ0n) is 14.8. The van der Waals surface area contributed by atoms with Gasteiger partial charge in [0.2, 0.25) is 0 Å². The van der Waals surface area contributed by atoms with Gasteiger partial charge in [-0.2, -0.15) is 0 Å². The first-order valence-electron chi connectivity index (χ1n) is 7.76. The van der Waals surface area contributed by atoms with Gasteiger partial charge in [0.25, 0.3) is 15.9 Å². The molecule has 2 rings (SSSR count). The highest BCUT2D eigenvalue weighted by Crippen LogP contribution is 2.36.